The molecule has 0 spiro atoms. The summed E-state index contributed by atoms with van der Waals surface area (Å²) < 4.78 is 10.8. The van der Waals surface area contributed by atoms with E-state index in [1.165, 1.54) is 5.56 Å². The average molecular weight is 193 g/mol. The Bertz CT molecular complexity index is 336. The second kappa shape index (κ2) is 3.50. The van der Waals surface area contributed by atoms with Crippen LogP contribution < -0.4 is 15.2 Å². The van der Waals surface area contributed by atoms with Crippen LogP contribution >= 0.6 is 0 Å². The van der Waals surface area contributed by atoms with Crippen LogP contribution in [0.25, 0.3) is 0 Å². The van der Waals surface area contributed by atoms with E-state index >= 15 is 0 Å². The summed E-state index contributed by atoms with van der Waals surface area (Å²) in [6.45, 7) is 1.97. The van der Waals surface area contributed by atoms with E-state index in [0.29, 0.717) is 0 Å². The van der Waals surface area contributed by atoms with Crippen molar-refractivity contribution in [2.24, 2.45) is 5.73 Å². The molecule has 0 aliphatic carbocycles. The van der Waals surface area contributed by atoms with Crippen molar-refractivity contribution < 1.29 is 9.47 Å². The fourth-order valence-corrected chi connectivity index (χ4v) is 1.65. The normalized spacial score (nSPS) is 21.2. The summed E-state index contributed by atoms with van der Waals surface area (Å²) in [7, 11) is 1.65. The number of benzene rings is 1. The Balaban J connectivity index is 2.22. The van der Waals surface area contributed by atoms with E-state index in [1.54, 1.807) is 7.11 Å². The van der Waals surface area contributed by atoms with Crippen molar-refractivity contribution in [3.05, 3.63) is 23.8 Å². The lowest BCUT2D eigenvalue weighted by atomic mass is 10.1. The van der Waals surface area contributed by atoms with Gasteiger partial charge in [0.15, 0.2) is 0 Å². The van der Waals surface area contributed by atoms with Gasteiger partial charge in [-0.1, -0.05) is 6.07 Å². The lowest BCUT2D eigenvalue weighted by Gasteiger charge is -2.13. The van der Waals surface area contributed by atoms with Crippen molar-refractivity contribution in [3.8, 4) is 11.5 Å². The van der Waals surface area contributed by atoms with Gasteiger partial charge in [0.1, 0.15) is 17.6 Å². The van der Waals surface area contributed by atoms with Crippen LogP contribution in [-0.4, -0.2) is 19.3 Å². The Hall–Kier alpha value is -1.22. The quantitative estimate of drug-likeness (QED) is 0.771. The highest BCUT2D eigenvalue weighted by atomic mass is 16.5. The van der Waals surface area contributed by atoms with Gasteiger partial charge in [0, 0.05) is 18.5 Å². The van der Waals surface area contributed by atoms with Crippen molar-refractivity contribution in [2.45, 2.75) is 25.5 Å². The van der Waals surface area contributed by atoms with Crippen LogP contribution in [0.15, 0.2) is 18.2 Å². The Morgan fingerprint density at radius 1 is 1.57 bits per heavy atom. The monoisotopic (exact) mass is 193 g/mol. The number of ether oxygens (including phenoxy) is 2. The molecular formula is C11H15NO2. The molecule has 0 fully saturated rings. The van der Waals surface area contributed by atoms with E-state index in [2.05, 4.69) is 0 Å². The molecule has 1 aliphatic heterocycles. The van der Waals surface area contributed by atoms with Crippen molar-refractivity contribution in [2.75, 3.05) is 7.11 Å². The topological polar surface area (TPSA) is 44.5 Å². The lowest BCUT2D eigenvalue weighted by molar-refractivity contribution is 0.205. The molecule has 0 saturated carbocycles. The summed E-state index contributed by atoms with van der Waals surface area (Å²) in [6, 6.07) is 5.97. The number of nitrogens with two attached hydrogens (primary N) is 1. The van der Waals surface area contributed by atoms with E-state index in [-0.39, 0.29) is 12.1 Å². The number of fused-ring (bicyclic) bond motifs is 1. The second-order valence-corrected chi connectivity index (χ2v) is 3.69. The van der Waals surface area contributed by atoms with Crippen LogP contribution in [0.1, 0.15) is 12.5 Å². The molecule has 1 heterocycles. The van der Waals surface area contributed by atoms with Gasteiger partial charge in [-0.05, 0) is 18.6 Å². The molecule has 2 unspecified atom stereocenters. The minimum Gasteiger partial charge on any atom is -0.497 e. The van der Waals surface area contributed by atoms with Crippen LogP contribution in [0.2, 0.25) is 0 Å². The van der Waals surface area contributed by atoms with Crippen LogP contribution in [0.5, 0.6) is 11.5 Å². The third-order valence-corrected chi connectivity index (χ3v) is 2.56. The molecule has 0 bridgehead atoms. The fraction of sp³-hybridized carbons (Fsp3) is 0.455. The van der Waals surface area contributed by atoms with Gasteiger partial charge in [-0.3, -0.25) is 0 Å². The first-order chi connectivity index (χ1) is 6.70. The minimum atomic E-state index is 0.0633. The standard InChI is InChI=1S/C11H15NO2/c1-7(12)10-5-8-3-4-9(13-2)6-11(8)14-10/h3-4,6-7,10H,5,12H2,1-2H3. The molecule has 2 rings (SSSR count). The third-order valence-electron chi connectivity index (χ3n) is 2.56. The van der Waals surface area contributed by atoms with Crippen molar-refractivity contribution in [3.63, 3.8) is 0 Å². The van der Waals surface area contributed by atoms with E-state index in [9.17, 15) is 0 Å². The summed E-state index contributed by atoms with van der Waals surface area (Å²) in [5.41, 5.74) is 7.01. The molecule has 2 N–H and O–H groups in total. The van der Waals surface area contributed by atoms with Crippen LogP contribution in [-0.2, 0) is 6.42 Å². The van der Waals surface area contributed by atoms with Crippen LogP contribution in [0.3, 0.4) is 0 Å². The smallest absolute Gasteiger partial charge is 0.126 e. The molecule has 3 nitrogen and oxygen atoms in total. The van der Waals surface area contributed by atoms with Crippen molar-refractivity contribution >= 4 is 0 Å². The second-order valence-electron chi connectivity index (χ2n) is 3.69. The predicted molar refractivity (Wildman–Crippen MR) is 54.8 cm³/mol. The van der Waals surface area contributed by atoms with Gasteiger partial charge in [-0.15, -0.1) is 0 Å². The summed E-state index contributed by atoms with van der Waals surface area (Å²) in [5.74, 6) is 1.74. The van der Waals surface area contributed by atoms with Gasteiger partial charge in [0.25, 0.3) is 0 Å². The zero-order chi connectivity index (χ0) is 10.1. The predicted octanol–water partition coefficient (Wildman–Crippen LogP) is 1.35. The number of hydrogen-bond acceptors (Lipinski definition) is 3. The first kappa shape index (κ1) is 9.34. The molecule has 0 radical (unpaired) electrons. The van der Waals surface area contributed by atoms with Gasteiger partial charge < -0.3 is 15.2 Å². The maximum absolute atomic E-state index is 5.79. The van der Waals surface area contributed by atoms with Crippen LogP contribution in [0.4, 0.5) is 0 Å². The summed E-state index contributed by atoms with van der Waals surface area (Å²) >= 11 is 0. The van der Waals surface area contributed by atoms with E-state index in [1.807, 2.05) is 25.1 Å². The highest BCUT2D eigenvalue weighted by molar-refractivity contribution is 5.43. The van der Waals surface area contributed by atoms with E-state index in [0.717, 1.165) is 17.9 Å². The van der Waals surface area contributed by atoms with Gasteiger partial charge in [0.05, 0.1) is 7.11 Å². The first-order valence-electron chi connectivity index (χ1n) is 4.80. The minimum absolute atomic E-state index is 0.0633. The molecule has 2 atom stereocenters. The zero-order valence-electron chi connectivity index (χ0n) is 8.49. The van der Waals surface area contributed by atoms with Gasteiger partial charge >= 0.3 is 0 Å². The summed E-state index contributed by atoms with van der Waals surface area (Å²) in [5, 5.41) is 0. The molecule has 1 aromatic carbocycles. The zero-order valence-corrected chi connectivity index (χ0v) is 8.49. The van der Waals surface area contributed by atoms with Gasteiger partial charge in [-0.2, -0.15) is 0 Å². The Morgan fingerprint density at radius 3 is 3.00 bits per heavy atom. The molecular weight excluding hydrogens is 178 g/mol. The van der Waals surface area contributed by atoms with E-state index in [4.69, 9.17) is 15.2 Å². The third kappa shape index (κ3) is 1.55. The number of methoxy groups -OCH3 is 1. The van der Waals surface area contributed by atoms with Crippen LogP contribution in [0, 0.1) is 0 Å². The number of hydrogen-bond donors (Lipinski definition) is 1. The molecule has 76 valence electrons. The Morgan fingerprint density at radius 2 is 2.36 bits per heavy atom. The molecule has 1 aromatic rings. The molecule has 0 amide bonds. The largest absolute Gasteiger partial charge is 0.497 e. The highest BCUT2D eigenvalue weighted by Crippen LogP contribution is 2.32. The maximum Gasteiger partial charge on any atom is 0.126 e. The molecule has 0 aromatic heterocycles. The maximum atomic E-state index is 5.79. The lowest BCUT2D eigenvalue weighted by Crippen LogP contribution is -2.34. The van der Waals surface area contributed by atoms with E-state index < -0.39 is 0 Å². The SMILES string of the molecule is COc1ccc2c(c1)OC(C(C)N)C2. The summed E-state index contributed by atoms with van der Waals surface area (Å²) in [4.78, 5) is 0. The Labute approximate surface area is 83.8 Å². The summed E-state index contributed by atoms with van der Waals surface area (Å²) in [6.07, 6.45) is 1.01. The van der Waals surface area contributed by atoms with Crippen molar-refractivity contribution in [1.29, 1.82) is 0 Å². The van der Waals surface area contributed by atoms with Crippen molar-refractivity contribution in [1.82, 2.24) is 0 Å². The molecule has 0 saturated heterocycles. The fourth-order valence-electron chi connectivity index (χ4n) is 1.65. The average Bonchev–Trinajstić information content (AvgIpc) is 2.59. The van der Waals surface area contributed by atoms with Gasteiger partial charge in [-0.25, -0.2) is 0 Å². The molecule has 14 heavy (non-hydrogen) atoms. The highest BCUT2D eigenvalue weighted by Gasteiger charge is 2.25. The molecule has 3 heteroatoms. The Kier molecular flexibility index (Phi) is 2.33. The van der Waals surface area contributed by atoms with Gasteiger partial charge in [0.2, 0.25) is 0 Å². The first-order valence-corrected chi connectivity index (χ1v) is 4.80. The number of rotatable bonds is 2. The molecule has 1 aliphatic rings.